The largest absolute Gasteiger partial charge is 0.491 e. The third-order valence-corrected chi connectivity index (χ3v) is 4.04. The normalized spacial score (nSPS) is 18.2. The van der Waals surface area contributed by atoms with Crippen molar-refractivity contribution in [3.63, 3.8) is 0 Å². The lowest BCUT2D eigenvalue weighted by Crippen LogP contribution is -2.52. The van der Waals surface area contributed by atoms with Gasteiger partial charge in [-0.3, -0.25) is 4.79 Å². The van der Waals surface area contributed by atoms with Crippen molar-refractivity contribution < 1.29 is 14.6 Å². The summed E-state index contributed by atoms with van der Waals surface area (Å²) in [5.74, 6) is 0.602. The fourth-order valence-electron chi connectivity index (χ4n) is 2.76. The summed E-state index contributed by atoms with van der Waals surface area (Å²) < 4.78 is 5.56. The lowest BCUT2D eigenvalue weighted by molar-refractivity contribution is -0.126. The SMILES string of the molecule is CC(C)Oc1ccc(C(O)CNC(=O)C2(N)CCCC2)cc1. The molecule has 1 aliphatic rings. The van der Waals surface area contributed by atoms with Crippen LogP contribution in [0.1, 0.15) is 51.2 Å². The van der Waals surface area contributed by atoms with Gasteiger partial charge < -0.3 is 20.9 Å². The van der Waals surface area contributed by atoms with Crippen molar-refractivity contribution in [1.82, 2.24) is 5.32 Å². The second-order valence-corrected chi connectivity index (χ2v) is 6.32. The van der Waals surface area contributed by atoms with Crippen LogP contribution in [0.2, 0.25) is 0 Å². The Hall–Kier alpha value is -1.59. The summed E-state index contributed by atoms with van der Waals surface area (Å²) in [6, 6.07) is 7.26. The van der Waals surface area contributed by atoms with Crippen LogP contribution in [0.25, 0.3) is 0 Å². The fourth-order valence-corrected chi connectivity index (χ4v) is 2.76. The first-order valence-electron chi connectivity index (χ1n) is 7.92. The van der Waals surface area contributed by atoms with Crippen molar-refractivity contribution in [3.05, 3.63) is 29.8 Å². The lowest BCUT2D eigenvalue weighted by Gasteiger charge is -2.23. The number of ether oxygens (including phenoxy) is 1. The molecule has 5 heteroatoms. The van der Waals surface area contributed by atoms with Crippen LogP contribution in [0.3, 0.4) is 0 Å². The minimum absolute atomic E-state index is 0.113. The van der Waals surface area contributed by atoms with E-state index in [1.165, 1.54) is 0 Å². The number of nitrogens with two attached hydrogens (primary N) is 1. The summed E-state index contributed by atoms with van der Waals surface area (Å²) in [6.45, 7) is 4.09. The van der Waals surface area contributed by atoms with Gasteiger partial charge in [0.25, 0.3) is 0 Å². The molecule has 0 heterocycles. The zero-order chi connectivity index (χ0) is 16.2. The first-order valence-corrected chi connectivity index (χ1v) is 7.92. The van der Waals surface area contributed by atoms with Crippen LogP contribution in [0.5, 0.6) is 5.75 Å². The lowest BCUT2D eigenvalue weighted by atomic mass is 9.98. The highest BCUT2D eigenvalue weighted by Crippen LogP contribution is 2.27. The van der Waals surface area contributed by atoms with Crippen LogP contribution in [0.15, 0.2) is 24.3 Å². The van der Waals surface area contributed by atoms with Gasteiger partial charge in [-0.1, -0.05) is 25.0 Å². The third-order valence-electron chi connectivity index (χ3n) is 4.04. The molecule has 0 spiro atoms. The van der Waals surface area contributed by atoms with Crippen molar-refractivity contribution in [3.8, 4) is 5.75 Å². The molecular formula is C17H26N2O3. The Kier molecular flexibility index (Phi) is 5.42. The summed E-state index contributed by atoms with van der Waals surface area (Å²) >= 11 is 0. The van der Waals surface area contributed by atoms with Crippen molar-refractivity contribution in [2.75, 3.05) is 6.54 Å². The molecule has 122 valence electrons. The van der Waals surface area contributed by atoms with Gasteiger partial charge in [-0.15, -0.1) is 0 Å². The number of amides is 1. The van der Waals surface area contributed by atoms with E-state index in [0.29, 0.717) is 0 Å². The van der Waals surface area contributed by atoms with Gasteiger partial charge in [0.05, 0.1) is 17.7 Å². The van der Waals surface area contributed by atoms with Crippen molar-refractivity contribution in [2.24, 2.45) is 5.73 Å². The average Bonchev–Trinajstić information content (AvgIpc) is 2.92. The number of hydrogen-bond donors (Lipinski definition) is 3. The summed E-state index contributed by atoms with van der Waals surface area (Å²) in [6.07, 6.45) is 2.78. The van der Waals surface area contributed by atoms with E-state index in [4.69, 9.17) is 10.5 Å². The number of nitrogens with one attached hydrogen (secondary N) is 1. The number of benzene rings is 1. The molecule has 5 nitrogen and oxygen atoms in total. The smallest absolute Gasteiger partial charge is 0.240 e. The molecule has 2 rings (SSSR count). The molecule has 0 radical (unpaired) electrons. The Bertz CT molecular complexity index is 493. The number of rotatable bonds is 6. The van der Waals surface area contributed by atoms with Crippen molar-refractivity contribution >= 4 is 5.91 Å². The van der Waals surface area contributed by atoms with E-state index in [1.807, 2.05) is 38.1 Å². The van der Waals surface area contributed by atoms with Gasteiger partial charge in [0.15, 0.2) is 0 Å². The Morgan fingerprint density at radius 3 is 2.45 bits per heavy atom. The van der Waals surface area contributed by atoms with Gasteiger partial charge in [-0.05, 0) is 44.4 Å². The molecular weight excluding hydrogens is 280 g/mol. The Morgan fingerprint density at radius 1 is 1.32 bits per heavy atom. The van der Waals surface area contributed by atoms with Crippen LogP contribution in [-0.2, 0) is 4.79 Å². The van der Waals surface area contributed by atoms with E-state index in [1.54, 1.807) is 0 Å². The molecule has 0 aromatic heterocycles. The number of aliphatic hydroxyl groups is 1. The topological polar surface area (TPSA) is 84.6 Å². The Morgan fingerprint density at radius 2 is 1.91 bits per heavy atom. The highest BCUT2D eigenvalue weighted by Gasteiger charge is 2.36. The molecule has 1 aromatic rings. The molecule has 22 heavy (non-hydrogen) atoms. The number of carbonyl (C=O) groups is 1. The zero-order valence-electron chi connectivity index (χ0n) is 13.3. The highest BCUT2D eigenvalue weighted by atomic mass is 16.5. The van der Waals surface area contributed by atoms with Crippen molar-refractivity contribution in [2.45, 2.75) is 57.3 Å². The molecule has 0 bridgehead atoms. The first-order chi connectivity index (χ1) is 10.4. The van der Waals surface area contributed by atoms with E-state index in [9.17, 15) is 9.90 Å². The van der Waals surface area contributed by atoms with Crippen LogP contribution >= 0.6 is 0 Å². The van der Waals surface area contributed by atoms with Crippen LogP contribution in [-0.4, -0.2) is 29.2 Å². The van der Waals surface area contributed by atoms with Crippen LogP contribution in [0, 0.1) is 0 Å². The van der Waals surface area contributed by atoms with E-state index in [0.717, 1.165) is 37.0 Å². The predicted octanol–water partition coefficient (Wildman–Crippen LogP) is 1.89. The molecule has 4 N–H and O–H groups in total. The number of hydrogen-bond acceptors (Lipinski definition) is 4. The quantitative estimate of drug-likeness (QED) is 0.749. The van der Waals surface area contributed by atoms with Crippen molar-refractivity contribution in [1.29, 1.82) is 0 Å². The van der Waals surface area contributed by atoms with E-state index in [2.05, 4.69) is 5.32 Å². The van der Waals surface area contributed by atoms with Gasteiger partial charge in [0.2, 0.25) is 5.91 Å². The molecule has 1 aromatic carbocycles. The molecule has 1 atom stereocenters. The van der Waals surface area contributed by atoms with E-state index < -0.39 is 11.6 Å². The summed E-state index contributed by atoms with van der Waals surface area (Å²) in [5, 5.41) is 12.9. The fraction of sp³-hybridized carbons (Fsp3) is 0.588. The Balaban J connectivity index is 1.86. The Labute approximate surface area is 131 Å². The maximum Gasteiger partial charge on any atom is 0.240 e. The minimum atomic E-state index is -0.755. The monoisotopic (exact) mass is 306 g/mol. The summed E-state index contributed by atoms with van der Waals surface area (Å²) in [5.41, 5.74) is 6.07. The zero-order valence-corrected chi connectivity index (χ0v) is 13.3. The minimum Gasteiger partial charge on any atom is -0.491 e. The number of carbonyl (C=O) groups excluding carboxylic acids is 1. The van der Waals surface area contributed by atoms with Crippen LogP contribution in [0.4, 0.5) is 0 Å². The molecule has 1 saturated carbocycles. The predicted molar refractivity (Wildman–Crippen MR) is 85.6 cm³/mol. The maximum absolute atomic E-state index is 12.1. The molecule has 0 saturated heterocycles. The van der Waals surface area contributed by atoms with Gasteiger partial charge in [0.1, 0.15) is 5.75 Å². The van der Waals surface area contributed by atoms with Crippen LogP contribution < -0.4 is 15.8 Å². The maximum atomic E-state index is 12.1. The number of aliphatic hydroxyl groups excluding tert-OH is 1. The second kappa shape index (κ2) is 7.11. The summed E-state index contributed by atoms with van der Waals surface area (Å²) in [7, 11) is 0. The third kappa shape index (κ3) is 4.21. The van der Waals surface area contributed by atoms with E-state index in [-0.39, 0.29) is 18.6 Å². The van der Waals surface area contributed by atoms with Gasteiger partial charge in [0, 0.05) is 6.54 Å². The highest BCUT2D eigenvalue weighted by molar-refractivity contribution is 5.86. The molecule has 0 aliphatic heterocycles. The average molecular weight is 306 g/mol. The molecule has 1 amide bonds. The van der Waals surface area contributed by atoms with Gasteiger partial charge >= 0.3 is 0 Å². The summed E-state index contributed by atoms with van der Waals surface area (Å²) in [4.78, 5) is 12.1. The van der Waals surface area contributed by atoms with E-state index >= 15 is 0 Å². The molecule has 1 unspecified atom stereocenters. The second-order valence-electron chi connectivity index (χ2n) is 6.32. The molecule has 1 fully saturated rings. The molecule has 1 aliphatic carbocycles. The standard InChI is InChI=1S/C17H26N2O3/c1-12(2)22-14-7-5-13(6-8-14)15(20)11-19-16(21)17(18)9-3-4-10-17/h5-8,12,15,20H,3-4,9-11,18H2,1-2H3,(H,19,21). The van der Waals surface area contributed by atoms with Gasteiger partial charge in [-0.25, -0.2) is 0 Å². The van der Waals surface area contributed by atoms with Gasteiger partial charge in [-0.2, -0.15) is 0 Å². The first kappa shape index (κ1) is 16.8.